The maximum Gasteiger partial charge on any atom is 0.338 e. The Morgan fingerprint density at radius 2 is 1.88 bits per heavy atom. The molecule has 1 saturated heterocycles. The van der Waals surface area contributed by atoms with Crippen LogP contribution in [-0.2, 0) is 19.6 Å². The van der Waals surface area contributed by atoms with Crippen molar-refractivity contribution in [1.29, 1.82) is 5.26 Å². The number of hydrogen-bond acceptors (Lipinski definition) is 6. The number of carbonyl (C=O) groups excluding carboxylic acids is 2. The summed E-state index contributed by atoms with van der Waals surface area (Å²) in [6.45, 7) is 1.93. The number of halogens is 1. The Hall–Kier alpha value is -3.29. The molecule has 0 spiro atoms. The summed E-state index contributed by atoms with van der Waals surface area (Å²) in [7, 11) is -4.10. The van der Waals surface area contributed by atoms with Gasteiger partial charge in [-0.25, -0.2) is 17.6 Å². The van der Waals surface area contributed by atoms with E-state index >= 15 is 0 Å². The van der Waals surface area contributed by atoms with Crippen LogP contribution in [0.15, 0.2) is 47.4 Å². The van der Waals surface area contributed by atoms with Crippen molar-refractivity contribution >= 4 is 27.6 Å². The summed E-state index contributed by atoms with van der Waals surface area (Å²) in [5.74, 6) is -2.57. The highest BCUT2D eigenvalue weighted by atomic mass is 32.2. The molecule has 0 aliphatic carbocycles. The van der Waals surface area contributed by atoms with E-state index in [0.717, 1.165) is 24.6 Å². The molecule has 168 valence electrons. The van der Waals surface area contributed by atoms with Gasteiger partial charge in [0, 0.05) is 18.8 Å². The van der Waals surface area contributed by atoms with Crippen LogP contribution < -0.4 is 5.32 Å². The molecule has 1 amide bonds. The number of amides is 1. The van der Waals surface area contributed by atoms with Gasteiger partial charge in [0.1, 0.15) is 10.7 Å². The lowest BCUT2D eigenvalue weighted by atomic mass is 10.2. The van der Waals surface area contributed by atoms with Crippen LogP contribution in [0.3, 0.4) is 0 Å². The highest BCUT2D eigenvalue weighted by Crippen LogP contribution is 2.24. The molecule has 32 heavy (non-hydrogen) atoms. The van der Waals surface area contributed by atoms with Crippen molar-refractivity contribution in [2.24, 2.45) is 0 Å². The van der Waals surface area contributed by atoms with Gasteiger partial charge in [-0.1, -0.05) is 12.5 Å². The number of ether oxygens (including phenoxy) is 1. The zero-order valence-corrected chi connectivity index (χ0v) is 18.2. The molecule has 2 aromatic rings. The van der Waals surface area contributed by atoms with E-state index in [-0.39, 0.29) is 5.56 Å². The quantitative estimate of drug-likeness (QED) is 0.664. The molecule has 8 nitrogen and oxygen atoms in total. The Morgan fingerprint density at radius 1 is 1.16 bits per heavy atom. The number of rotatable bonds is 6. The molecule has 1 unspecified atom stereocenters. The third-order valence-corrected chi connectivity index (χ3v) is 6.93. The van der Waals surface area contributed by atoms with Gasteiger partial charge in [0.2, 0.25) is 10.0 Å². The lowest BCUT2D eigenvalue weighted by Crippen LogP contribution is -2.36. The van der Waals surface area contributed by atoms with Gasteiger partial charge in [0.05, 0.1) is 17.2 Å². The summed E-state index contributed by atoms with van der Waals surface area (Å²) in [6, 6.07) is 11.1. The van der Waals surface area contributed by atoms with Crippen molar-refractivity contribution in [2.75, 3.05) is 18.4 Å². The summed E-state index contributed by atoms with van der Waals surface area (Å²) < 4.78 is 46.3. The summed E-state index contributed by atoms with van der Waals surface area (Å²) >= 11 is 0. The van der Waals surface area contributed by atoms with E-state index in [4.69, 9.17) is 10.00 Å². The number of esters is 1. The minimum absolute atomic E-state index is 0.187. The number of nitriles is 1. The molecule has 1 N–H and O–H groups in total. The SMILES string of the molecule is CC(OC(=O)c1ccc(F)c(S(=O)(=O)N2CCCCC2)c1)C(=O)Nc1cccc(C#N)c1. The molecule has 3 rings (SSSR count). The lowest BCUT2D eigenvalue weighted by Gasteiger charge is -2.26. The van der Waals surface area contributed by atoms with Gasteiger partial charge in [0.15, 0.2) is 6.10 Å². The average molecular weight is 459 g/mol. The number of sulfonamides is 1. The van der Waals surface area contributed by atoms with Crippen LogP contribution in [0.25, 0.3) is 0 Å². The van der Waals surface area contributed by atoms with Crippen LogP contribution in [0.4, 0.5) is 10.1 Å². The van der Waals surface area contributed by atoms with Crippen LogP contribution in [0.2, 0.25) is 0 Å². The van der Waals surface area contributed by atoms with Gasteiger partial charge in [-0.15, -0.1) is 0 Å². The number of carbonyl (C=O) groups is 2. The minimum Gasteiger partial charge on any atom is -0.449 e. The van der Waals surface area contributed by atoms with E-state index in [1.54, 1.807) is 18.2 Å². The molecule has 2 aromatic carbocycles. The van der Waals surface area contributed by atoms with E-state index in [1.807, 2.05) is 6.07 Å². The van der Waals surface area contributed by atoms with Gasteiger partial charge in [-0.2, -0.15) is 9.57 Å². The highest BCUT2D eigenvalue weighted by molar-refractivity contribution is 7.89. The zero-order valence-electron chi connectivity index (χ0n) is 17.4. The standard InChI is InChI=1S/C22H22FN3O5S/c1-15(21(27)25-18-7-5-6-16(12-18)14-24)31-22(28)17-8-9-19(23)20(13-17)32(29,30)26-10-3-2-4-11-26/h5-9,12-13,15H,2-4,10-11H2,1H3,(H,25,27). The Kier molecular flexibility index (Phi) is 7.22. The predicted molar refractivity (Wildman–Crippen MR) is 114 cm³/mol. The topological polar surface area (TPSA) is 117 Å². The molecule has 0 saturated carbocycles. The molecule has 1 heterocycles. The van der Waals surface area contributed by atoms with Gasteiger partial charge in [0.25, 0.3) is 5.91 Å². The van der Waals surface area contributed by atoms with Crippen molar-refractivity contribution in [2.45, 2.75) is 37.2 Å². The first-order valence-corrected chi connectivity index (χ1v) is 11.5. The average Bonchev–Trinajstić information content (AvgIpc) is 2.79. The van der Waals surface area contributed by atoms with Crippen LogP contribution in [0.1, 0.15) is 42.1 Å². The van der Waals surface area contributed by atoms with Crippen molar-refractivity contribution in [3.63, 3.8) is 0 Å². The van der Waals surface area contributed by atoms with Crippen LogP contribution in [0.5, 0.6) is 0 Å². The van der Waals surface area contributed by atoms with Crippen molar-refractivity contribution in [3.05, 3.63) is 59.4 Å². The molecule has 0 aromatic heterocycles. The van der Waals surface area contributed by atoms with Crippen LogP contribution in [0, 0.1) is 17.1 Å². The fourth-order valence-electron chi connectivity index (χ4n) is 3.26. The second kappa shape index (κ2) is 9.89. The van der Waals surface area contributed by atoms with Crippen molar-refractivity contribution in [3.8, 4) is 6.07 Å². The molecule has 1 aliphatic rings. The van der Waals surface area contributed by atoms with E-state index < -0.39 is 38.7 Å². The van der Waals surface area contributed by atoms with Gasteiger partial charge < -0.3 is 10.1 Å². The van der Waals surface area contributed by atoms with Crippen LogP contribution in [-0.4, -0.2) is 43.8 Å². The largest absolute Gasteiger partial charge is 0.449 e. The molecular weight excluding hydrogens is 437 g/mol. The number of benzene rings is 2. The monoisotopic (exact) mass is 459 g/mol. The molecular formula is C22H22FN3O5S. The second-order valence-corrected chi connectivity index (χ2v) is 9.25. The van der Waals surface area contributed by atoms with E-state index in [0.29, 0.717) is 37.2 Å². The highest BCUT2D eigenvalue weighted by Gasteiger charge is 2.30. The number of nitrogens with one attached hydrogen (secondary N) is 1. The summed E-state index contributed by atoms with van der Waals surface area (Å²) in [6.07, 6.45) is 1.06. The smallest absolute Gasteiger partial charge is 0.338 e. The normalized spacial score (nSPS) is 15.4. The first-order chi connectivity index (χ1) is 15.2. The van der Waals surface area contributed by atoms with Crippen LogP contribution >= 0.6 is 0 Å². The third-order valence-electron chi connectivity index (χ3n) is 5.01. The fraction of sp³-hybridized carbons (Fsp3) is 0.318. The minimum atomic E-state index is -4.10. The van der Waals surface area contributed by atoms with Gasteiger partial charge >= 0.3 is 5.97 Å². The molecule has 1 atom stereocenters. The molecule has 1 aliphatic heterocycles. The molecule has 10 heteroatoms. The number of hydrogen-bond donors (Lipinski definition) is 1. The summed E-state index contributed by atoms with van der Waals surface area (Å²) in [4.78, 5) is 24.2. The first kappa shape index (κ1) is 23.4. The van der Waals surface area contributed by atoms with Gasteiger partial charge in [-0.3, -0.25) is 4.79 Å². The summed E-state index contributed by atoms with van der Waals surface area (Å²) in [5.41, 5.74) is 0.517. The Labute approximate surface area is 185 Å². The maximum atomic E-state index is 14.3. The van der Waals surface area contributed by atoms with E-state index in [1.165, 1.54) is 17.3 Å². The lowest BCUT2D eigenvalue weighted by molar-refractivity contribution is -0.123. The second-order valence-electron chi connectivity index (χ2n) is 7.34. The van der Waals surface area contributed by atoms with E-state index in [9.17, 15) is 22.4 Å². The number of anilines is 1. The number of nitrogens with zero attached hydrogens (tertiary/aromatic N) is 2. The fourth-order valence-corrected chi connectivity index (χ4v) is 4.87. The van der Waals surface area contributed by atoms with E-state index in [2.05, 4.69) is 5.32 Å². The molecule has 0 radical (unpaired) electrons. The number of piperidine rings is 1. The third kappa shape index (κ3) is 5.30. The molecule has 1 fully saturated rings. The first-order valence-electron chi connectivity index (χ1n) is 10.0. The molecule has 0 bridgehead atoms. The Balaban J connectivity index is 1.72. The zero-order chi connectivity index (χ0) is 23.3. The Bertz CT molecular complexity index is 1170. The van der Waals surface area contributed by atoms with Crippen molar-refractivity contribution in [1.82, 2.24) is 4.31 Å². The maximum absolute atomic E-state index is 14.3. The predicted octanol–water partition coefficient (Wildman–Crippen LogP) is 3.06. The van der Waals surface area contributed by atoms with Crippen molar-refractivity contribution < 1.29 is 27.1 Å². The summed E-state index contributed by atoms with van der Waals surface area (Å²) in [5, 5.41) is 11.5. The Morgan fingerprint density at radius 3 is 2.56 bits per heavy atom. The van der Waals surface area contributed by atoms with Gasteiger partial charge in [-0.05, 0) is 56.2 Å².